The number of amides is 1. The Kier molecular flexibility index (Phi) is 5.59. The molecular weight excluding hydrogens is 266 g/mol. The fraction of sp³-hybridized carbons (Fsp3) is 0.562. The van der Waals surface area contributed by atoms with Gasteiger partial charge in [-0.1, -0.05) is 19.4 Å². The fourth-order valence-corrected chi connectivity index (χ4v) is 2.89. The normalized spacial score (nSPS) is 17.7. The number of piperazine rings is 1. The molecule has 2 rings (SSSR count). The highest BCUT2D eigenvalue weighted by Crippen LogP contribution is 2.16. The molecule has 0 saturated carbocycles. The van der Waals surface area contributed by atoms with Crippen molar-refractivity contribution in [3.63, 3.8) is 0 Å². The maximum atomic E-state index is 12.4. The van der Waals surface area contributed by atoms with Crippen LogP contribution in [0.4, 0.5) is 0 Å². The quantitative estimate of drug-likeness (QED) is 0.857. The zero-order chi connectivity index (χ0) is 15.2. The van der Waals surface area contributed by atoms with E-state index in [9.17, 15) is 9.90 Å². The minimum absolute atomic E-state index is 0.00894. The third-order valence-electron chi connectivity index (χ3n) is 4.10. The summed E-state index contributed by atoms with van der Waals surface area (Å²) in [4.78, 5) is 16.6. The summed E-state index contributed by atoms with van der Waals surface area (Å²) in [6.45, 7) is 6.01. The van der Waals surface area contributed by atoms with Crippen molar-refractivity contribution in [3.8, 4) is 5.75 Å². The van der Waals surface area contributed by atoms with Gasteiger partial charge in [0.15, 0.2) is 0 Å². The van der Waals surface area contributed by atoms with Gasteiger partial charge < -0.3 is 15.7 Å². The van der Waals surface area contributed by atoms with Crippen molar-refractivity contribution < 1.29 is 9.90 Å². The van der Waals surface area contributed by atoms with E-state index in [1.54, 1.807) is 18.2 Å². The predicted molar refractivity (Wildman–Crippen MR) is 83.3 cm³/mol. The Bertz CT molecular complexity index is 470. The number of benzene rings is 1. The molecule has 1 saturated heterocycles. The molecule has 0 bridgehead atoms. The monoisotopic (exact) mass is 291 g/mol. The minimum Gasteiger partial charge on any atom is -0.508 e. The number of hydrogen-bond donors (Lipinski definition) is 2. The highest BCUT2D eigenvalue weighted by atomic mass is 16.3. The topological polar surface area (TPSA) is 69.8 Å². The van der Waals surface area contributed by atoms with E-state index in [-0.39, 0.29) is 11.7 Å². The van der Waals surface area contributed by atoms with E-state index in [0.717, 1.165) is 25.9 Å². The molecule has 1 fully saturated rings. The molecule has 5 heteroatoms. The van der Waals surface area contributed by atoms with Crippen molar-refractivity contribution >= 4 is 5.91 Å². The first kappa shape index (κ1) is 15.8. The zero-order valence-electron chi connectivity index (χ0n) is 12.7. The predicted octanol–water partition coefficient (Wildman–Crippen LogP) is 1.28. The van der Waals surface area contributed by atoms with E-state index in [1.165, 1.54) is 6.07 Å². The van der Waals surface area contributed by atoms with Gasteiger partial charge in [0.1, 0.15) is 5.75 Å². The highest BCUT2D eigenvalue weighted by Gasteiger charge is 2.25. The van der Waals surface area contributed by atoms with Gasteiger partial charge in [-0.15, -0.1) is 0 Å². The number of phenols is 1. The highest BCUT2D eigenvalue weighted by molar-refractivity contribution is 5.94. The Balaban J connectivity index is 1.93. The van der Waals surface area contributed by atoms with Crippen LogP contribution in [0.5, 0.6) is 5.75 Å². The average Bonchev–Trinajstić information content (AvgIpc) is 2.52. The van der Waals surface area contributed by atoms with Crippen LogP contribution < -0.4 is 5.73 Å². The summed E-state index contributed by atoms with van der Waals surface area (Å²) in [5.74, 6) is 0.121. The molecule has 1 aliphatic rings. The standard InChI is InChI=1S/C16H25N3O2/c1-2-4-14(12-17)18-7-9-19(10-8-18)16(21)13-5-3-6-15(20)11-13/h3,5-6,11,14,20H,2,4,7-10,12,17H2,1H3. The number of carbonyl (C=O) groups is 1. The molecule has 1 unspecified atom stereocenters. The molecule has 0 aromatic heterocycles. The van der Waals surface area contributed by atoms with Crippen LogP contribution in [0.3, 0.4) is 0 Å². The van der Waals surface area contributed by atoms with Gasteiger partial charge in [0.05, 0.1) is 0 Å². The second-order valence-corrected chi connectivity index (χ2v) is 5.56. The molecule has 1 amide bonds. The lowest BCUT2D eigenvalue weighted by molar-refractivity contribution is 0.0566. The Morgan fingerprint density at radius 2 is 2.05 bits per heavy atom. The molecular formula is C16H25N3O2. The van der Waals surface area contributed by atoms with Gasteiger partial charge in [-0.3, -0.25) is 9.69 Å². The maximum absolute atomic E-state index is 12.4. The van der Waals surface area contributed by atoms with Crippen LogP contribution in [-0.4, -0.2) is 59.6 Å². The van der Waals surface area contributed by atoms with Crippen LogP contribution in [0.2, 0.25) is 0 Å². The van der Waals surface area contributed by atoms with Crippen LogP contribution in [0.15, 0.2) is 24.3 Å². The Hall–Kier alpha value is -1.59. The van der Waals surface area contributed by atoms with Crippen LogP contribution in [0.1, 0.15) is 30.1 Å². The van der Waals surface area contributed by atoms with Gasteiger partial charge in [-0.2, -0.15) is 0 Å². The zero-order valence-corrected chi connectivity index (χ0v) is 12.7. The number of rotatable bonds is 5. The lowest BCUT2D eigenvalue weighted by Crippen LogP contribution is -2.53. The molecule has 0 aliphatic carbocycles. The van der Waals surface area contributed by atoms with Gasteiger partial charge in [0, 0.05) is 44.3 Å². The number of phenolic OH excluding ortho intramolecular Hbond substituents is 1. The molecule has 3 N–H and O–H groups in total. The van der Waals surface area contributed by atoms with Crippen LogP contribution in [-0.2, 0) is 0 Å². The van der Waals surface area contributed by atoms with Crippen LogP contribution >= 0.6 is 0 Å². The molecule has 0 radical (unpaired) electrons. The van der Waals surface area contributed by atoms with Crippen molar-refractivity contribution in [2.24, 2.45) is 5.73 Å². The Morgan fingerprint density at radius 1 is 1.33 bits per heavy atom. The summed E-state index contributed by atoms with van der Waals surface area (Å²) in [5, 5.41) is 9.47. The Morgan fingerprint density at radius 3 is 2.62 bits per heavy atom. The van der Waals surface area contributed by atoms with E-state index >= 15 is 0 Å². The van der Waals surface area contributed by atoms with Gasteiger partial charge in [-0.25, -0.2) is 0 Å². The molecule has 1 atom stereocenters. The van der Waals surface area contributed by atoms with Crippen LogP contribution in [0, 0.1) is 0 Å². The average molecular weight is 291 g/mol. The molecule has 116 valence electrons. The van der Waals surface area contributed by atoms with E-state index in [2.05, 4.69) is 11.8 Å². The van der Waals surface area contributed by atoms with E-state index in [0.29, 0.717) is 31.2 Å². The molecule has 1 aromatic rings. The largest absolute Gasteiger partial charge is 0.508 e. The first-order chi connectivity index (χ1) is 10.2. The SMILES string of the molecule is CCCC(CN)N1CCN(C(=O)c2cccc(O)c2)CC1. The van der Waals surface area contributed by atoms with Gasteiger partial charge >= 0.3 is 0 Å². The second-order valence-electron chi connectivity index (χ2n) is 5.56. The van der Waals surface area contributed by atoms with Gasteiger partial charge in [0.25, 0.3) is 5.91 Å². The van der Waals surface area contributed by atoms with Gasteiger partial charge in [-0.05, 0) is 24.6 Å². The second kappa shape index (κ2) is 7.43. The number of nitrogens with zero attached hydrogens (tertiary/aromatic N) is 2. The lowest BCUT2D eigenvalue weighted by atomic mass is 10.1. The summed E-state index contributed by atoms with van der Waals surface area (Å²) in [6.07, 6.45) is 2.24. The molecule has 1 aliphatic heterocycles. The van der Waals surface area contributed by atoms with E-state index in [1.807, 2.05) is 4.90 Å². The Labute approximate surface area is 126 Å². The third kappa shape index (κ3) is 3.95. The summed E-state index contributed by atoms with van der Waals surface area (Å²) >= 11 is 0. The molecule has 0 spiro atoms. The molecule has 5 nitrogen and oxygen atoms in total. The smallest absolute Gasteiger partial charge is 0.254 e. The third-order valence-corrected chi connectivity index (χ3v) is 4.10. The summed E-state index contributed by atoms with van der Waals surface area (Å²) in [6, 6.07) is 6.96. The first-order valence-corrected chi connectivity index (χ1v) is 7.68. The summed E-state index contributed by atoms with van der Waals surface area (Å²) in [7, 11) is 0. The number of aromatic hydroxyl groups is 1. The summed E-state index contributed by atoms with van der Waals surface area (Å²) < 4.78 is 0. The molecule has 1 heterocycles. The summed E-state index contributed by atoms with van der Waals surface area (Å²) in [5.41, 5.74) is 6.39. The van der Waals surface area contributed by atoms with Gasteiger partial charge in [0.2, 0.25) is 0 Å². The maximum Gasteiger partial charge on any atom is 0.254 e. The number of nitrogens with two attached hydrogens (primary N) is 1. The lowest BCUT2D eigenvalue weighted by Gasteiger charge is -2.39. The van der Waals surface area contributed by atoms with Crippen molar-refractivity contribution in [3.05, 3.63) is 29.8 Å². The van der Waals surface area contributed by atoms with Crippen molar-refractivity contribution in [2.75, 3.05) is 32.7 Å². The first-order valence-electron chi connectivity index (χ1n) is 7.68. The minimum atomic E-state index is -0.00894. The van der Waals surface area contributed by atoms with Crippen molar-refractivity contribution in [2.45, 2.75) is 25.8 Å². The number of carbonyl (C=O) groups excluding carboxylic acids is 1. The van der Waals surface area contributed by atoms with Crippen molar-refractivity contribution in [1.82, 2.24) is 9.80 Å². The van der Waals surface area contributed by atoms with E-state index < -0.39 is 0 Å². The van der Waals surface area contributed by atoms with Crippen LogP contribution in [0.25, 0.3) is 0 Å². The molecule has 21 heavy (non-hydrogen) atoms. The molecule has 1 aromatic carbocycles. The van der Waals surface area contributed by atoms with E-state index in [4.69, 9.17) is 5.73 Å². The van der Waals surface area contributed by atoms with Crippen molar-refractivity contribution in [1.29, 1.82) is 0 Å². The fourth-order valence-electron chi connectivity index (χ4n) is 2.89. The number of hydrogen-bond acceptors (Lipinski definition) is 4.